The van der Waals surface area contributed by atoms with Crippen LogP contribution in [-0.4, -0.2) is 36.1 Å². The van der Waals surface area contributed by atoms with Crippen LogP contribution in [0.1, 0.15) is 6.92 Å². The van der Waals surface area contributed by atoms with E-state index in [9.17, 15) is 4.79 Å². The van der Waals surface area contributed by atoms with Crippen LogP contribution in [0.15, 0.2) is 0 Å². The molecule has 10 heavy (non-hydrogen) atoms. The lowest BCUT2D eigenvalue weighted by atomic mass is 10.6. The number of carbonyl (C=O) groups excluding carboxylic acids is 1. The van der Waals surface area contributed by atoms with Crippen molar-refractivity contribution in [1.82, 2.24) is 4.90 Å². The van der Waals surface area contributed by atoms with Crippen molar-refractivity contribution < 1.29 is 9.53 Å². The van der Waals surface area contributed by atoms with E-state index in [1.807, 2.05) is 6.92 Å². The van der Waals surface area contributed by atoms with Crippen LogP contribution in [0.2, 0.25) is 0 Å². The number of nitrogens with zero attached hydrogens (tertiary/aromatic N) is 1. The van der Waals surface area contributed by atoms with Crippen molar-refractivity contribution in [2.75, 3.05) is 19.0 Å². The Balaban J connectivity index is 2.11. The summed E-state index contributed by atoms with van der Waals surface area (Å²) in [6.45, 7) is 3.10. The second-order valence-electron chi connectivity index (χ2n) is 2.30. The predicted molar refractivity (Wildman–Crippen MR) is 38.2 cm³/mol. The summed E-state index contributed by atoms with van der Waals surface area (Å²) in [6, 6.07) is 0.364. The molecular formula is C6H10ClNO2. The smallest absolute Gasteiger partial charge is 0.410 e. The maximum absolute atomic E-state index is 10.8. The number of rotatable bonds is 2. The first-order valence-electron chi connectivity index (χ1n) is 3.25. The average molecular weight is 164 g/mol. The number of alkyl halides is 1. The Morgan fingerprint density at radius 1 is 1.90 bits per heavy atom. The van der Waals surface area contributed by atoms with Gasteiger partial charge in [-0.05, 0) is 6.92 Å². The normalized spacial score (nSPS) is 22.6. The molecule has 0 aromatic rings. The predicted octanol–water partition coefficient (Wildman–Crippen LogP) is 1.07. The Kier molecular flexibility index (Phi) is 2.38. The summed E-state index contributed by atoms with van der Waals surface area (Å²) in [5.41, 5.74) is 0. The highest BCUT2D eigenvalue weighted by molar-refractivity contribution is 6.18. The van der Waals surface area contributed by atoms with E-state index in [1.54, 1.807) is 4.90 Å². The summed E-state index contributed by atoms with van der Waals surface area (Å²) in [7, 11) is 0. The minimum atomic E-state index is -0.242. The van der Waals surface area contributed by atoms with Crippen molar-refractivity contribution in [3.05, 3.63) is 0 Å². The third-order valence-corrected chi connectivity index (χ3v) is 1.55. The molecule has 1 saturated heterocycles. The molecule has 1 fully saturated rings. The van der Waals surface area contributed by atoms with Gasteiger partial charge in [0.1, 0.15) is 6.61 Å². The Hall–Kier alpha value is -0.440. The topological polar surface area (TPSA) is 29.3 Å². The molecule has 0 aromatic heterocycles. The lowest BCUT2D eigenvalue weighted by Gasteiger charge is -2.01. The molecule has 1 aliphatic heterocycles. The van der Waals surface area contributed by atoms with Crippen LogP contribution >= 0.6 is 11.6 Å². The third kappa shape index (κ3) is 1.77. The van der Waals surface area contributed by atoms with Gasteiger partial charge in [-0.15, -0.1) is 11.6 Å². The van der Waals surface area contributed by atoms with Gasteiger partial charge in [-0.3, -0.25) is 0 Å². The van der Waals surface area contributed by atoms with Crippen LogP contribution in [0, 0.1) is 0 Å². The van der Waals surface area contributed by atoms with Gasteiger partial charge < -0.3 is 9.64 Å². The molecule has 1 aliphatic rings. The van der Waals surface area contributed by atoms with E-state index in [1.165, 1.54) is 0 Å². The van der Waals surface area contributed by atoms with Crippen molar-refractivity contribution in [3.8, 4) is 0 Å². The van der Waals surface area contributed by atoms with Gasteiger partial charge >= 0.3 is 6.09 Å². The molecule has 4 heteroatoms. The molecule has 0 bridgehead atoms. The number of ether oxygens (including phenoxy) is 1. The maximum atomic E-state index is 10.8. The molecule has 1 heterocycles. The molecule has 1 atom stereocenters. The van der Waals surface area contributed by atoms with E-state index in [-0.39, 0.29) is 6.09 Å². The molecule has 0 aromatic carbocycles. The molecule has 1 unspecified atom stereocenters. The van der Waals surface area contributed by atoms with Crippen molar-refractivity contribution >= 4 is 17.7 Å². The monoisotopic (exact) mass is 163 g/mol. The Morgan fingerprint density at radius 3 is 2.90 bits per heavy atom. The van der Waals surface area contributed by atoms with Gasteiger partial charge in [0.05, 0.1) is 11.9 Å². The van der Waals surface area contributed by atoms with Crippen LogP contribution < -0.4 is 0 Å². The summed E-state index contributed by atoms with van der Waals surface area (Å²) in [6.07, 6.45) is -0.242. The average Bonchev–Trinajstić information content (AvgIpc) is 2.62. The quantitative estimate of drug-likeness (QED) is 0.450. The number of halogens is 1. The minimum Gasteiger partial charge on any atom is -0.448 e. The molecule has 58 valence electrons. The first-order valence-corrected chi connectivity index (χ1v) is 3.78. The van der Waals surface area contributed by atoms with Gasteiger partial charge in [0, 0.05) is 6.54 Å². The first-order chi connectivity index (χ1) is 4.75. The van der Waals surface area contributed by atoms with E-state index >= 15 is 0 Å². The largest absolute Gasteiger partial charge is 0.448 e. The molecule has 0 N–H and O–H groups in total. The Morgan fingerprint density at radius 2 is 2.50 bits per heavy atom. The number of amides is 1. The van der Waals surface area contributed by atoms with Crippen molar-refractivity contribution in [2.45, 2.75) is 13.0 Å². The number of hydrogen-bond donors (Lipinski definition) is 0. The third-order valence-electron chi connectivity index (χ3n) is 1.40. The van der Waals surface area contributed by atoms with Gasteiger partial charge in [-0.25, -0.2) is 4.79 Å². The van der Waals surface area contributed by atoms with Gasteiger partial charge in [0.15, 0.2) is 0 Å². The lowest BCUT2D eigenvalue weighted by Crippen LogP contribution is -2.15. The Labute approximate surface area is 64.9 Å². The second kappa shape index (κ2) is 3.10. The van der Waals surface area contributed by atoms with Crippen molar-refractivity contribution in [1.29, 1.82) is 0 Å². The van der Waals surface area contributed by atoms with E-state index < -0.39 is 0 Å². The number of hydrogen-bond acceptors (Lipinski definition) is 2. The van der Waals surface area contributed by atoms with Crippen molar-refractivity contribution in [3.63, 3.8) is 0 Å². The highest BCUT2D eigenvalue weighted by Gasteiger charge is 2.35. The van der Waals surface area contributed by atoms with E-state index in [0.717, 1.165) is 6.54 Å². The summed E-state index contributed by atoms with van der Waals surface area (Å²) >= 11 is 5.31. The summed E-state index contributed by atoms with van der Waals surface area (Å²) in [5, 5.41) is 0. The van der Waals surface area contributed by atoms with Crippen LogP contribution in [0.4, 0.5) is 4.79 Å². The lowest BCUT2D eigenvalue weighted by molar-refractivity contribution is 0.135. The van der Waals surface area contributed by atoms with Crippen LogP contribution in [0.25, 0.3) is 0 Å². The fraction of sp³-hybridized carbons (Fsp3) is 0.833. The first kappa shape index (κ1) is 7.66. The van der Waals surface area contributed by atoms with Crippen molar-refractivity contribution in [2.24, 2.45) is 0 Å². The molecule has 3 nitrogen and oxygen atoms in total. The molecule has 0 saturated carbocycles. The van der Waals surface area contributed by atoms with Crippen LogP contribution in [-0.2, 0) is 4.74 Å². The zero-order chi connectivity index (χ0) is 7.56. The molecule has 0 spiro atoms. The van der Waals surface area contributed by atoms with Gasteiger partial charge in [0.2, 0.25) is 0 Å². The summed E-state index contributed by atoms with van der Waals surface area (Å²) in [5.74, 6) is 0.369. The highest BCUT2D eigenvalue weighted by atomic mass is 35.5. The standard InChI is InChI=1S/C6H10ClNO2/c1-5-4-8(5)6(9)10-3-2-7/h5H,2-4H2,1H3. The summed E-state index contributed by atoms with van der Waals surface area (Å²) in [4.78, 5) is 12.5. The molecule has 0 radical (unpaired) electrons. The molecule has 1 amide bonds. The van der Waals surface area contributed by atoms with Gasteiger partial charge in [-0.2, -0.15) is 0 Å². The van der Waals surface area contributed by atoms with Crippen LogP contribution in [0.3, 0.4) is 0 Å². The Bertz CT molecular complexity index is 140. The summed E-state index contributed by atoms with van der Waals surface area (Å²) < 4.78 is 4.74. The second-order valence-corrected chi connectivity index (χ2v) is 2.68. The fourth-order valence-corrected chi connectivity index (χ4v) is 0.778. The SMILES string of the molecule is CC1CN1C(=O)OCCCl. The molecule has 0 aliphatic carbocycles. The van der Waals surface area contributed by atoms with Crippen LogP contribution in [0.5, 0.6) is 0 Å². The van der Waals surface area contributed by atoms with Gasteiger partial charge in [0.25, 0.3) is 0 Å². The fourth-order valence-electron chi connectivity index (χ4n) is 0.701. The molecule has 1 rings (SSSR count). The minimum absolute atomic E-state index is 0.242. The van der Waals surface area contributed by atoms with E-state index in [4.69, 9.17) is 16.3 Å². The van der Waals surface area contributed by atoms with E-state index in [0.29, 0.717) is 18.5 Å². The molecular weight excluding hydrogens is 154 g/mol. The zero-order valence-corrected chi connectivity index (χ0v) is 6.60. The van der Waals surface area contributed by atoms with Gasteiger partial charge in [-0.1, -0.05) is 0 Å². The zero-order valence-electron chi connectivity index (χ0n) is 5.84. The number of carbonyl (C=O) groups is 1. The van der Waals surface area contributed by atoms with E-state index in [2.05, 4.69) is 0 Å². The highest BCUT2D eigenvalue weighted by Crippen LogP contribution is 2.16. The maximum Gasteiger partial charge on any atom is 0.410 e.